The Labute approximate surface area is 108 Å². The molecule has 1 unspecified atom stereocenters. The zero-order chi connectivity index (χ0) is 13.3. The van der Waals surface area contributed by atoms with Gasteiger partial charge in [-0.1, -0.05) is 12.1 Å². The monoisotopic (exact) mass is 270 g/mol. The molecule has 1 fully saturated rings. The summed E-state index contributed by atoms with van der Waals surface area (Å²) in [4.78, 5) is 0.221. The van der Waals surface area contributed by atoms with Crippen LogP contribution in [0.3, 0.4) is 0 Å². The molecule has 100 valence electrons. The Kier molecular flexibility index (Phi) is 3.61. The molecule has 1 aromatic carbocycles. The van der Waals surface area contributed by atoms with E-state index in [-0.39, 0.29) is 10.9 Å². The van der Waals surface area contributed by atoms with Gasteiger partial charge in [-0.15, -0.1) is 0 Å². The van der Waals surface area contributed by atoms with E-state index in [1.165, 1.54) is 4.31 Å². The van der Waals surface area contributed by atoms with Crippen molar-refractivity contribution in [2.75, 3.05) is 25.5 Å². The van der Waals surface area contributed by atoms with Crippen LogP contribution >= 0.6 is 0 Å². The zero-order valence-electron chi connectivity index (χ0n) is 10.6. The maximum atomic E-state index is 12.6. The molecule has 1 aromatic rings. The number of aryl methyl sites for hydroxylation is 1. The van der Waals surface area contributed by atoms with Crippen LogP contribution in [0.5, 0.6) is 0 Å². The lowest BCUT2D eigenvalue weighted by Gasteiger charge is -2.32. The molecular formula is C12H18N2O3S. The Morgan fingerprint density at radius 2 is 2.17 bits per heavy atom. The average molecular weight is 270 g/mol. The van der Waals surface area contributed by atoms with Crippen molar-refractivity contribution in [3.63, 3.8) is 0 Å². The van der Waals surface area contributed by atoms with E-state index in [2.05, 4.69) is 0 Å². The van der Waals surface area contributed by atoms with Crippen molar-refractivity contribution in [3.8, 4) is 0 Å². The third kappa shape index (κ3) is 2.23. The number of nitrogens with two attached hydrogens (primary N) is 1. The molecule has 1 aliphatic rings. The largest absolute Gasteiger partial charge is 0.398 e. The second kappa shape index (κ2) is 4.87. The van der Waals surface area contributed by atoms with Crippen molar-refractivity contribution in [1.82, 2.24) is 4.31 Å². The molecule has 2 N–H and O–H groups in total. The van der Waals surface area contributed by atoms with E-state index >= 15 is 0 Å². The van der Waals surface area contributed by atoms with Crippen LogP contribution in [0.2, 0.25) is 0 Å². The molecule has 0 amide bonds. The summed E-state index contributed by atoms with van der Waals surface area (Å²) < 4.78 is 32.0. The van der Waals surface area contributed by atoms with E-state index in [1.807, 2.05) is 6.92 Å². The van der Waals surface area contributed by atoms with E-state index in [4.69, 9.17) is 10.5 Å². The molecule has 0 saturated carbocycles. The number of nitrogen functional groups attached to an aromatic ring is 1. The van der Waals surface area contributed by atoms with E-state index in [9.17, 15) is 8.42 Å². The third-order valence-electron chi connectivity index (χ3n) is 3.12. The minimum atomic E-state index is -3.54. The lowest BCUT2D eigenvalue weighted by Crippen LogP contribution is -2.47. The normalized spacial score (nSPS) is 22.0. The average Bonchev–Trinajstić information content (AvgIpc) is 2.28. The Morgan fingerprint density at radius 3 is 2.78 bits per heavy atom. The highest BCUT2D eigenvalue weighted by atomic mass is 32.2. The molecule has 0 bridgehead atoms. The fourth-order valence-corrected chi connectivity index (χ4v) is 4.14. The fourth-order valence-electron chi connectivity index (χ4n) is 2.21. The second-order valence-corrected chi connectivity index (χ2v) is 6.36. The minimum absolute atomic E-state index is 0.164. The molecule has 0 spiro atoms. The van der Waals surface area contributed by atoms with Crippen LogP contribution in [0.25, 0.3) is 0 Å². The zero-order valence-corrected chi connectivity index (χ0v) is 11.4. The lowest BCUT2D eigenvalue weighted by atomic mass is 10.2. The molecule has 1 heterocycles. The van der Waals surface area contributed by atoms with Crippen molar-refractivity contribution in [1.29, 1.82) is 0 Å². The Bertz CT molecular complexity index is 522. The van der Waals surface area contributed by atoms with Crippen molar-refractivity contribution in [2.45, 2.75) is 24.8 Å². The summed E-state index contributed by atoms with van der Waals surface area (Å²) in [6.45, 7) is 4.82. The van der Waals surface area contributed by atoms with Gasteiger partial charge in [-0.2, -0.15) is 4.31 Å². The van der Waals surface area contributed by atoms with Crippen LogP contribution in [0.4, 0.5) is 5.69 Å². The summed E-state index contributed by atoms with van der Waals surface area (Å²) in [5, 5.41) is 0. The quantitative estimate of drug-likeness (QED) is 0.813. The van der Waals surface area contributed by atoms with Crippen LogP contribution in [0.1, 0.15) is 12.5 Å². The highest BCUT2D eigenvalue weighted by Gasteiger charge is 2.33. The fraction of sp³-hybridized carbons (Fsp3) is 0.500. The molecule has 0 radical (unpaired) electrons. The highest BCUT2D eigenvalue weighted by molar-refractivity contribution is 7.89. The molecular weight excluding hydrogens is 252 g/mol. The number of benzene rings is 1. The number of anilines is 1. The maximum absolute atomic E-state index is 12.6. The number of nitrogens with zero attached hydrogens (tertiary/aromatic N) is 1. The number of sulfonamides is 1. The van der Waals surface area contributed by atoms with Gasteiger partial charge in [0.15, 0.2) is 0 Å². The highest BCUT2D eigenvalue weighted by Crippen LogP contribution is 2.27. The van der Waals surface area contributed by atoms with Gasteiger partial charge in [0.25, 0.3) is 0 Å². The Balaban J connectivity index is 2.48. The Hall–Kier alpha value is -1.11. The first-order valence-electron chi connectivity index (χ1n) is 5.89. The molecule has 0 aromatic heterocycles. The number of hydrogen-bond donors (Lipinski definition) is 1. The molecule has 5 nitrogen and oxygen atoms in total. The van der Waals surface area contributed by atoms with Gasteiger partial charge in [-0.05, 0) is 25.5 Å². The van der Waals surface area contributed by atoms with Gasteiger partial charge in [-0.25, -0.2) is 8.42 Å². The van der Waals surface area contributed by atoms with Gasteiger partial charge in [0.2, 0.25) is 10.0 Å². The molecule has 1 aliphatic heterocycles. The maximum Gasteiger partial charge on any atom is 0.245 e. The molecule has 6 heteroatoms. The molecule has 18 heavy (non-hydrogen) atoms. The summed E-state index contributed by atoms with van der Waals surface area (Å²) in [6, 6.07) is 4.97. The third-order valence-corrected chi connectivity index (χ3v) is 5.35. The predicted octanol–water partition coefficient (Wildman–Crippen LogP) is 0.987. The van der Waals surface area contributed by atoms with E-state index in [0.29, 0.717) is 31.0 Å². The van der Waals surface area contributed by atoms with Gasteiger partial charge in [0.05, 0.1) is 18.9 Å². The molecule has 0 aliphatic carbocycles. The predicted molar refractivity (Wildman–Crippen MR) is 69.8 cm³/mol. The van der Waals surface area contributed by atoms with Crippen molar-refractivity contribution in [3.05, 3.63) is 23.8 Å². The summed E-state index contributed by atoms with van der Waals surface area (Å²) >= 11 is 0. The molecule has 1 saturated heterocycles. The van der Waals surface area contributed by atoms with Crippen molar-refractivity contribution in [2.24, 2.45) is 0 Å². The summed E-state index contributed by atoms with van der Waals surface area (Å²) in [6.07, 6.45) is 0. The van der Waals surface area contributed by atoms with Gasteiger partial charge >= 0.3 is 0 Å². The number of morpholine rings is 1. The van der Waals surface area contributed by atoms with Gasteiger partial charge < -0.3 is 10.5 Å². The SMILES string of the molecule is Cc1cccc(N)c1S(=O)(=O)N1CCOCC1C. The first kappa shape index (κ1) is 13.3. The first-order valence-corrected chi connectivity index (χ1v) is 7.33. The van der Waals surface area contributed by atoms with Crippen LogP contribution in [0, 0.1) is 6.92 Å². The molecule has 2 rings (SSSR count). The topological polar surface area (TPSA) is 72.6 Å². The summed E-state index contributed by atoms with van der Waals surface area (Å²) in [5.41, 5.74) is 6.80. The number of hydrogen-bond acceptors (Lipinski definition) is 4. The van der Waals surface area contributed by atoms with Crippen LogP contribution in [-0.2, 0) is 14.8 Å². The minimum Gasteiger partial charge on any atom is -0.398 e. The van der Waals surface area contributed by atoms with Gasteiger partial charge in [0, 0.05) is 12.6 Å². The van der Waals surface area contributed by atoms with E-state index in [0.717, 1.165) is 0 Å². The van der Waals surface area contributed by atoms with Crippen LogP contribution < -0.4 is 5.73 Å². The van der Waals surface area contributed by atoms with Crippen LogP contribution in [-0.4, -0.2) is 38.5 Å². The molecule has 1 atom stereocenters. The second-order valence-electron chi connectivity index (χ2n) is 4.53. The lowest BCUT2D eigenvalue weighted by molar-refractivity contribution is 0.0393. The first-order chi connectivity index (χ1) is 8.44. The summed E-state index contributed by atoms with van der Waals surface area (Å²) in [5.74, 6) is 0. The van der Waals surface area contributed by atoms with Crippen molar-refractivity contribution >= 4 is 15.7 Å². The van der Waals surface area contributed by atoms with Crippen LogP contribution in [0.15, 0.2) is 23.1 Å². The van der Waals surface area contributed by atoms with Gasteiger partial charge in [0.1, 0.15) is 4.90 Å². The van der Waals surface area contributed by atoms with E-state index in [1.54, 1.807) is 25.1 Å². The number of rotatable bonds is 2. The summed E-state index contributed by atoms with van der Waals surface area (Å²) in [7, 11) is -3.54. The smallest absolute Gasteiger partial charge is 0.245 e. The number of ether oxygens (including phenoxy) is 1. The van der Waals surface area contributed by atoms with Crippen molar-refractivity contribution < 1.29 is 13.2 Å². The Morgan fingerprint density at radius 1 is 1.44 bits per heavy atom. The van der Waals surface area contributed by atoms with Gasteiger partial charge in [-0.3, -0.25) is 0 Å². The van der Waals surface area contributed by atoms with E-state index < -0.39 is 10.0 Å². The standard InChI is InChI=1S/C12H18N2O3S/c1-9-4-3-5-11(13)12(9)18(15,16)14-6-7-17-8-10(14)2/h3-5,10H,6-8,13H2,1-2H3.